The molecule has 0 fully saturated rings. The Hall–Kier alpha value is -3.32. The van der Waals surface area contributed by atoms with Crippen LogP contribution in [0.5, 0.6) is 0 Å². The summed E-state index contributed by atoms with van der Waals surface area (Å²) in [7, 11) is 3.30. The molecular weight excluding hydrogens is 414 g/mol. The Bertz CT molecular complexity index is 1020. The van der Waals surface area contributed by atoms with Gasteiger partial charge in [-0.2, -0.15) is 10.5 Å². The molecule has 3 aliphatic heterocycles. The number of hydrogen-bond donors (Lipinski definition) is 0. The molecule has 0 atom stereocenters. The highest BCUT2D eigenvalue weighted by Crippen LogP contribution is 2.36. The van der Waals surface area contributed by atoms with Crippen LogP contribution < -0.4 is 4.90 Å². The van der Waals surface area contributed by atoms with Gasteiger partial charge < -0.3 is 19.1 Å². The number of nitrogens with zero attached hydrogens (tertiary/aromatic N) is 3. The molecule has 3 heterocycles. The fourth-order valence-electron chi connectivity index (χ4n) is 4.31. The van der Waals surface area contributed by atoms with Gasteiger partial charge in [0.05, 0.1) is 13.2 Å². The first kappa shape index (κ1) is 24.3. The van der Waals surface area contributed by atoms with Gasteiger partial charge in [-0.15, -0.1) is 0 Å². The molecule has 6 nitrogen and oxygen atoms in total. The Labute approximate surface area is 196 Å². The van der Waals surface area contributed by atoms with E-state index >= 15 is 0 Å². The van der Waals surface area contributed by atoms with E-state index < -0.39 is 0 Å². The summed E-state index contributed by atoms with van der Waals surface area (Å²) >= 11 is 0. The summed E-state index contributed by atoms with van der Waals surface area (Å²) in [4.78, 5) is 2.54. The summed E-state index contributed by atoms with van der Waals surface area (Å²) in [6.07, 6.45) is 12.2. The van der Waals surface area contributed by atoms with Crippen LogP contribution in [-0.2, 0) is 27.1 Å². The molecule has 0 saturated carbocycles. The second-order valence-electron chi connectivity index (χ2n) is 8.16. The maximum absolute atomic E-state index is 9.10. The lowest BCUT2D eigenvalue weighted by molar-refractivity contribution is 0.103. The van der Waals surface area contributed by atoms with Crippen molar-refractivity contribution in [1.82, 2.24) is 0 Å². The van der Waals surface area contributed by atoms with Crippen LogP contribution in [0.15, 0.2) is 53.0 Å². The van der Waals surface area contributed by atoms with E-state index in [9.17, 15) is 0 Å². The number of ether oxygens (including phenoxy) is 3. The van der Waals surface area contributed by atoms with Gasteiger partial charge in [-0.25, -0.2) is 0 Å². The number of nitriles is 2. The van der Waals surface area contributed by atoms with Crippen molar-refractivity contribution in [2.24, 2.45) is 0 Å². The lowest BCUT2D eigenvalue weighted by Gasteiger charge is -2.37. The Morgan fingerprint density at radius 2 is 1.61 bits per heavy atom. The molecule has 4 rings (SSSR count). The van der Waals surface area contributed by atoms with Gasteiger partial charge in [-0.1, -0.05) is 6.08 Å². The van der Waals surface area contributed by atoms with Gasteiger partial charge >= 0.3 is 0 Å². The van der Waals surface area contributed by atoms with Crippen LogP contribution in [0.25, 0.3) is 6.08 Å². The molecule has 0 spiro atoms. The lowest BCUT2D eigenvalue weighted by Crippen LogP contribution is -2.34. The number of benzene rings is 1. The van der Waals surface area contributed by atoms with Gasteiger partial charge in [-0.05, 0) is 79.7 Å². The highest BCUT2D eigenvalue weighted by molar-refractivity contribution is 5.68. The predicted octanol–water partition coefficient (Wildman–Crippen LogP) is 4.84. The van der Waals surface area contributed by atoms with Crippen molar-refractivity contribution in [2.75, 3.05) is 45.4 Å². The van der Waals surface area contributed by atoms with Crippen LogP contribution in [0, 0.1) is 22.7 Å². The monoisotopic (exact) mass is 445 g/mol. The van der Waals surface area contributed by atoms with Crippen molar-refractivity contribution < 1.29 is 14.2 Å². The number of aryl methyl sites for hydroxylation is 2. The number of allylic oxidation sites excluding steroid dienone is 6. The average molecular weight is 446 g/mol. The summed E-state index contributed by atoms with van der Waals surface area (Å²) < 4.78 is 15.1. The SMILES string of the molecule is CC1=CC(=C(C#N)C#N)C=C(C=Cc2cc3c4c(c2)CCCN4CCC3)O1.COCCOC. The van der Waals surface area contributed by atoms with Crippen molar-refractivity contribution in [3.63, 3.8) is 0 Å². The molecular formula is C27H31N3O3. The molecule has 0 saturated heterocycles. The lowest BCUT2D eigenvalue weighted by atomic mass is 9.90. The highest BCUT2D eigenvalue weighted by Gasteiger charge is 2.23. The van der Waals surface area contributed by atoms with Crippen molar-refractivity contribution in [1.29, 1.82) is 10.5 Å². The molecule has 0 bridgehead atoms. The molecule has 6 heteroatoms. The Morgan fingerprint density at radius 3 is 2.15 bits per heavy atom. The van der Waals surface area contributed by atoms with E-state index in [1.165, 1.54) is 48.3 Å². The quantitative estimate of drug-likeness (QED) is 0.477. The zero-order chi connectivity index (χ0) is 23.6. The average Bonchev–Trinajstić information content (AvgIpc) is 2.83. The fraction of sp³-hybridized carbons (Fsp3) is 0.407. The van der Waals surface area contributed by atoms with Gasteiger partial charge in [0, 0.05) is 38.6 Å². The number of hydrogen-bond acceptors (Lipinski definition) is 6. The number of methoxy groups -OCH3 is 2. The molecule has 172 valence electrons. The molecule has 0 amide bonds. The summed E-state index contributed by atoms with van der Waals surface area (Å²) in [6, 6.07) is 8.45. The van der Waals surface area contributed by atoms with E-state index in [1.807, 2.05) is 25.1 Å². The standard InChI is InChI=1S/C23H21N3O.C4H10O2/c1-16-10-20(21(14-24)15-25)13-22(27-16)7-6-17-11-18-4-2-8-26-9-3-5-19(12-17)23(18)26;1-5-3-4-6-2/h6-7,10-13H,2-5,8-9H2,1H3;3-4H2,1-2H3. The number of anilines is 1. The van der Waals surface area contributed by atoms with Crippen LogP contribution in [0.4, 0.5) is 5.69 Å². The zero-order valence-electron chi connectivity index (χ0n) is 19.7. The van der Waals surface area contributed by atoms with E-state index in [0.29, 0.717) is 30.3 Å². The number of rotatable bonds is 5. The van der Waals surface area contributed by atoms with Crippen LogP contribution in [0.1, 0.15) is 36.5 Å². The summed E-state index contributed by atoms with van der Waals surface area (Å²) in [5.74, 6) is 1.31. The van der Waals surface area contributed by atoms with Crippen molar-refractivity contribution in [2.45, 2.75) is 32.6 Å². The van der Waals surface area contributed by atoms with E-state index in [-0.39, 0.29) is 5.57 Å². The van der Waals surface area contributed by atoms with Gasteiger partial charge in [0.25, 0.3) is 0 Å². The summed E-state index contributed by atoms with van der Waals surface area (Å²) in [5.41, 5.74) is 6.24. The Morgan fingerprint density at radius 1 is 1.00 bits per heavy atom. The molecule has 0 unspecified atom stereocenters. The van der Waals surface area contributed by atoms with Crippen molar-refractivity contribution in [3.8, 4) is 12.1 Å². The van der Waals surface area contributed by atoms with Crippen LogP contribution in [0.3, 0.4) is 0 Å². The molecule has 1 aromatic rings. The third kappa shape index (κ3) is 6.35. The molecule has 1 aromatic carbocycles. The summed E-state index contributed by atoms with van der Waals surface area (Å²) in [5, 5.41) is 18.2. The van der Waals surface area contributed by atoms with Crippen molar-refractivity contribution in [3.05, 3.63) is 69.7 Å². The second kappa shape index (κ2) is 12.1. The first-order chi connectivity index (χ1) is 16.1. The highest BCUT2D eigenvalue weighted by atomic mass is 16.5. The van der Waals surface area contributed by atoms with Gasteiger partial charge in [0.2, 0.25) is 0 Å². The largest absolute Gasteiger partial charge is 0.462 e. The fourth-order valence-corrected chi connectivity index (χ4v) is 4.31. The smallest absolute Gasteiger partial charge is 0.137 e. The second-order valence-corrected chi connectivity index (χ2v) is 8.16. The molecule has 0 N–H and O–H groups in total. The van der Waals surface area contributed by atoms with E-state index in [4.69, 9.17) is 15.3 Å². The van der Waals surface area contributed by atoms with Gasteiger partial charge in [-0.3, -0.25) is 0 Å². The minimum Gasteiger partial charge on any atom is -0.462 e. The Kier molecular flexibility index (Phi) is 8.89. The molecule has 33 heavy (non-hydrogen) atoms. The molecule has 3 aliphatic rings. The zero-order valence-corrected chi connectivity index (χ0v) is 19.7. The minimum absolute atomic E-state index is 0.0989. The van der Waals surface area contributed by atoms with Crippen LogP contribution >= 0.6 is 0 Å². The third-order valence-corrected chi connectivity index (χ3v) is 5.73. The maximum Gasteiger partial charge on any atom is 0.137 e. The van der Waals surface area contributed by atoms with Gasteiger partial charge in [0.15, 0.2) is 0 Å². The summed E-state index contributed by atoms with van der Waals surface area (Å²) in [6.45, 7) is 5.56. The van der Waals surface area contributed by atoms with E-state index in [2.05, 4.69) is 32.6 Å². The van der Waals surface area contributed by atoms with Crippen LogP contribution in [-0.4, -0.2) is 40.5 Å². The Balaban J connectivity index is 0.000000454. The van der Waals surface area contributed by atoms with Crippen molar-refractivity contribution >= 4 is 11.8 Å². The molecule has 0 aromatic heterocycles. The minimum atomic E-state index is 0.0989. The van der Waals surface area contributed by atoms with E-state index in [0.717, 1.165) is 12.8 Å². The third-order valence-electron chi connectivity index (χ3n) is 5.73. The first-order valence-electron chi connectivity index (χ1n) is 11.3. The van der Waals surface area contributed by atoms with E-state index in [1.54, 1.807) is 26.4 Å². The molecule has 0 aliphatic carbocycles. The topological polar surface area (TPSA) is 78.5 Å². The first-order valence-corrected chi connectivity index (χ1v) is 11.3. The normalized spacial score (nSPS) is 16.4. The van der Waals surface area contributed by atoms with Gasteiger partial charge in [0.1, 0.15) is 29.2 Å². The molecule has 0 radical (unpaired) electrons. The van der Waals surface area contributed by atoms with Crippen LogP contribution in [0.2, 0.25) is 0 Å². The maximum atomic E-state index is 9.10. The predicted molar refractivity (Wildman–Crippen MR) is 129 cm³/mol.